The maximum atomic E-state index is 12.4. The summed E-state index contributed by atoms with van der Waals surface area (Å²) >= 11 is 1.46. The Balaban J connectivity index is 1.25. The monoisotopic (exact) mass is 437 g/mol. The molecule has 2 aliphatic heterocycles. The molecular formula is C25H31N3O2S. The molecule has 31 heavy (non-hydrogen) atoms. The normalized spacial score (nSPS) is 23.7. The van der Waals surface area contributed by atoms with Crippen molar-refractivity contribution in [1.29, 1.82) is 0 Å². The number of carbonyl (C=O) groups is 2. The van der Waals surface area contributed by atoms with E-state index in [0.29, 0.717) is 6.54 Å². The first-order valence-electron chi connectivity index (χ1n) is 11.1. The van der Waals surface area contributed by atoms with Crippen molar-refractivity contribution in [2.75, 3.05) is 18.4 Å². The first-order chi connectivity index (χ1) is 15.0. The van der Waals surface area contributed by atoms with Crippen LogP contribution in [0.5, 0.6) is 0 Å². The van der Waals surface area contributed by atoms with Crippen LogP contribution >= 0.6 is 11.8 Å². The first-order valence-corrected chi connectivity index (χ1v) is 12.0. The molecule has 2 aromatic carbocycles. The smallest absolute Gasteiger partial charge is 0.238 e. The molecule has 0 aliphatic carbocycles. The lowest BCUT2D eigenvalue weighted by atomic mass is 9.91. The van der Waals surface area contributed by atoms with Crippen molar-refractivity contribution in [3.05, 3.63) is 59.7 Å². The van der Waals surface area contributed by atoms with E-state index in [9.17, 15) is 9.59 Å². The molecule has 3 unspecified atom stereocenters. The molecule has 6 heteroatoms. The lowest BCUT2D eigenvalue weighted by molar-refractivity contribution is -0.124. The fraction of sp³-hybridized carbons (Fsp3) is 0.440. The van der Waals surface area contributed by atoms with E-state index in [1.807, 2.05) is 24.3 Å². The second-order valence-electron chi connectivity index (χ2n) is 9.03. The highest BCUT2D eigenvalue weighted by Crippen LogP contribution is 2.36. The van der Waals surface area contributed by atoms with Gasteiger partial charge in [-0.15, -0.1) is 11.8 Å². The van der Waals surface area contributed by atoms with Gasteiger partial charge in [0.2, 0.25) is 11.8 Å². The Morgan fingerprint density at radius 2 is 1.74 bits per heavy atom. The van der Waals surface area contributed by atoms with Crippen LogP contribution in [0.25, 0.3) is 0 Å². The Labute approximate surface area is 189 Å². The summed E-state index contributed by atoms with van der Waals surface area (Å²) in [5.41, 5.74) is 3.21. The molecule has 1 fully saturated rings. The van der Waals surface area contributed by atoms with Crippen LogP contribution < -0.4 is 10.6 Å². The molecule has 2 amide bonds. The summed E-state index contributed by atoms with van der Waals surface area (Å²) in [6.45, 7) is 8.47. The molecule has 2 heterocycles. The van der Waals surface area contributed by atoms with Gasteiger partial charge >= 0.3 is 0 Å². The maximum Gasteiger partial charge on any atom is 0.238 e. The van der Waals surface area contributed by atoms with Gasteiger partial charge in [-0.2, -0.15) is 0 Å². The van der Waals surface area contributed by atoms with Gasteiger partial charge in [0, 0.05) is 37.5 Å². The van der Waals surface area contributed by atoms with Crippen LogP contribution in [0.1, 0.15) is 37.8 Å². The van der Waals surface area contributed by atoms with Crippen molar-refractivity contribution in [2.45, 2.75) is 49.9 Å². The van der Waals surface area contributed by atoms with E-state index >= 15 is 0 Å². The molecule has 0 saturated carbocycles. The number of hydrogen-bond donors (Lipinski definition) is 2. The van der Waals surface area contributed by atoms with Crippen LogP contribution in [-0.4, -0.2) is 35.1 Å². The maximum absolute atomic E-state index is 12.4. The summed E-state index contributed by atoms with van der Waals surface area (Å²) in [4.78, 5) is 28.3. The van der Waals surface area contributed by atoms with Gasteiger partial charge in [0.1, 0.15) is 0 Å². The Hall–Kier alpha value is -2.31. The quantitative estimate of drug-likeness (QED) is 0.708. The van der Waals surface area contributed by atoms with Crippen LogP contribution in [0, 0.1) is 11.8 Å². The zero-order valence-corrected chi connectivity index (χ0v) is 19.1. The van der Waals surface area contributed by atoms with Crippen molar-refractivity contribution in [2.24, 2.45) is 11.8 Å². The van der Waals surface area contributed by atoms with E-state index in [0.717, 1.165) is 34.5 Å². The number of anilines is 1. The largest absolute Gasteiger partial charge is 0.352 e. The van der Waals surface area contributed by atoms with Gasteiger partial charge in [0.15, 0.2) is 0 Å². The summed E-state index contributed by atoms with van der Waals surface area (Å²) in [6.07, 6.45) is 1.50. The highest BCUT2D eigenvalue weighted by atomic mass is 32.2. The van der Waals surface area contributed by atoms with Crippen molar-refractivity contribution >= 4 is 29.3 Å². The fourth-order valence-corrected chi connectivity index (χ4v) is 5.72. The number of nitrogens with zero attached hydrogens (tertiary/aromatic N) is 1. The van der Waals surface area contributed by atoms with Crippen LogP contribution in [0.2, 0.25) is 0 Å². The molecule has 4 rings (SSSR count). The van der Waals surface area contributed by atoms with Crippen LogP contribution in [0.3, 0.4) is 0 Å². The summed E-state index contributed by atoms with van der Waals surface area (Å²) in [5.74, 6) is 1.31. The van der Waals surface area contributed by atoms with Gasteiger partial charge < -0.3 is 10.6 Å². The summed E-state index contributed by atoms with van der Waals surface area (Å²) < 4.78 is 0. The van der Waals surface area contributed by atoms with E-state index in [-0.39, 0.29) is 18.2 Å². The molecule has 2 aliphatic rings. The zero-order chi connectivity index (χ0) is 21.8. The van der Waals surface area contributed by atoms with E-state index in [1.165, 1.54) is 36.8 Å². The molecule has 0 aromatic heterocycles. The Kier molecular flexibility index (Phi) is 6.98. The van der Waals surface area contributed by atoms with Gasteiger partial charge in [-0.1, -0.05) is 50.2 Å². The Morgan fingerprint density at radius 3 is 2.48 bits per heavy atom. The number of hydrogen-bond acceptors (Lipinski definition) is 4. The third kappa shape index (κ3) is 5.89. The van der Waals surface area contributed by atoms with Crippen molar-refractivity contribution in [3.63, 3.8) is 0 Å². The highest BCUT2D eigenvalue weighted by molar-refractivity contribution is 8.01. The highest BCUT2D eigenvalue weighted by Gasteiger charge is 2.28. The number of amides is 2. The predicted octanol–water partition coefficient (Wildman–Crippen LogP) is 4.28. The Bertz CT molecular complexity index is 921. The number of benzene rings is 2. The summed E-state index contributed by atoms with van der Waals surface area (Å²) in [7, 11) is 0. The number of piperidine rings is 1. The van der Waals surface area contributed by atoms with Gasteiger partial charge in [-0.25, -0.2) is 0 Å². The molecular weight excluding hydrogens is 406 g/mol. The molecule has 0 spiro atoms. The van der Waals surface area contributed by atoms with Crippen molar-refractivity contribution < 1.29 is 9.59 Å². The Morgan fingerprint density at radius 1 is 1.06 bits per heavy atom. The molecule has 0 bridgehead atoms. The molecule has 164 valence electrons. The van der Waals surface area contributed by atoms with E-state index in [4.69, 9.17) is 0 Å². The van der Waals surface area contributed by atoms with Crippen LogP contribution in [-0.2, 0) is 22.7 Å². The van der Waals surface area contributed by atoms with E-state index in [2.05, 4.69) is 53.6 Å². The molecule has 1 saturated heterocycles. The van der Waals surface area contributed by atoms with Gasteiger partial charge in [-0.05, 0) is 41.5 Å². The first kappa shape index (κ1) is 21.9. The lowest BCUT2D eigenvalue weighted by Gasteiger charge is -2.35. The summed E-state index contributed by atoms with van der Waals surface area (Å²) in [6, 6.07) is 16.2. The van der Waals surface area contributed by atoms with Gasteiger partial charge in [0.05, 0.1) is 10.9 Å². The molecule has 3 atom stereocenters. The van der Waals surface area contributed by atoms with Crippen molar-refractivity contribution in [3.8, 4) is 0 Å². The third-order valence-electron chi connectivity index (χ3n) is 5.94. The lowest BCUT2D eigenvalue weighted by Crippen LogP contribution is -2.38. The van der Waals surface area contributed by atoms with Crippen LogP contribution in [0.4, 0.5) is 5.69 Å². The van der Waals surface area contributed by atoms with Gasteiger partial charge in [-0.3, -0.25) is 14.5 Å². The average molecular weight is 438 g/mol. The SMILES string of the molecule is CC1CC(C)CN(Cc2ccc(CNC(=O)CC3Sc4ccccc4NC3=O)cc2)C1. The number of nitrogens with one attached hydrogen (secondary N) is 2. The number of carbonyl (C=O) groups excluding carboxylic acids is 2. The summed E-state index contributed by atoms with van der Waals surface area (Å²) in [5, 5.41) is 5.45. The number of rotatable bonds is 6. The predicted molar refractivity (Wildman–Crippen MR) is 126 cm³/mol. The topological polar surface area (TPSA) is 61.4 Å². The van der Waals surface area contributed by atoms with E-state index in [1.54, 1.807) is 0 Å². The minimum absolute atomic E-state index is 0.104. The van der Waals surface area contributed by atoms with Crippen molar-refractivity contribution in [1.82, 2.24) is 10.2 Å². The minimum Gasteiger partial charge on any atom is -0.352 e. The third-order valence-corrected chi connectivity index (χ3v) is 7.22. The standard InChI is InChI=1S/C25H31N3O2S/c1-17-11-18(2)15-28(14-17)16-20-9-7-19(8-10-20)13-26-24(29)12-23-25(30)27-21-5-3-4-6-22(21)31-23/h3-10,17-18,23H,11-16H2,1-2H3,(H,26,29)(H,27,30). The van der Waals surface area contributed by atoms with Gasteiger partial charge in [0.25, 0.3) is 0 Å². The average Bonchev–Trinajstić information content (AvgIpc) is 2.73. The molecule has 5 nitrogen and oxygen atoms in total. The number of fused-ring (bicyclic) bond motifs is 1. The fourth-order valence-electron chi connectivity index (χ4n) is 4.61. The molecule has 2 N–H and O–H groups in total. The van der Waals surface area contributed by atoms with E-state index < -0.39 is 5.25 Å². The zero-order valence-electron chi connectivity index (χ0n) is 18.3. The number of para-hydroxylation sites is 1. The molecule has 0 radical (unpaired) electrons. The second kappa shape index (κ2) is 9.88. The number of thioether (sulfide) groups is 1. The van der Waals surface area contributed by atoms with Crippen LogP contribution in [0.15, 0.2) is 53.4 Å². The second-order valence-corrected chi connectivity index (χ2v) is 10.3. The minimum atomic E-state index is -0.397. The molecule has 2 aromatic rings. The number of likely N-dealkylation sites (tertiary alicyclic amines) is 1.